The molecule has 2 N–H and O–H groups in total. The van der Waals surface area contributed by atoms with Crippen LogP contribution in [0, 0.1) is 17.0 Å². The standard InChI is InChI=1S/C9H10N4O3/c1-6-2-3-16-8(6)5-12-9(10)7(4-11-12)13(14)15/h2-4H,5,10H2,1H3. The highest BCUT2D eigenvalue weighted by atomic mass is 16.6. The molecule has 0 saturated heterocycles. The van der Waals surface area contributed by atoms with Crippen molar-refractivity contribution in [2.75, 3.05) is 5.73 Å². The first-order valence-corrected chi connectivity index (χ1v) is 4.58. The summed E-state index contributed by atoms with van der Waals surface area (Å²) < 4.78 is 6.54. The van der Waals surface area contributed by atoms with E-state index >= 15 is 0 Å². The largest absolute Gasteiger partial charge is 0.467 e. The van der Waals surface area contributed by atoms with Crippen LogP contribution >= 0.6 is 0 Å². The van der Waals surface area contributed by atoms with Gasteiger partial charge in [-0.1, -0.05) is 0 Å². The van der Waals surface area contributed by atoms with Gasteiger partial charge in [0.1, 0.15) is 18.5 Å². The first-order valence-electron chi connectivity index (χ1n) is 4.58. The zero-order valence-electron chi connectivity index (χ0n) is 8.58. The molecule has 0 aliphatic rings. The lowest BCUT2D eigenvalue weighted by atomic mass is 10.3. The maximum Gasteiger partial charge on any atom is 0.330 e. The average Bonchev–Trinajstić information content (AvgIpc) is 2.76. The average molecular weight is 222 g/mol. The fourth-order valence-electron chi connectivity index (χ4n) is 1.35. The molecule has 0 unspecified atom stereocenters. The molecule has 2 rings (SSSR count). The van der Waals surface area contributed by atoms with Crippen molar-refractivity contribution in [1.82, 2.24) is 9.78 Å². The van der Waals surface area contributed by atoms with Crippen LogP contribution in [-0.4, -0.2) is 14.7 Å². The first kappa shape index (κ1) is 10.2. The van der Waals surface area contributed by atoms with Gasteiger partial charge in [0, 0.05) is 0 Å². The molecule has 0 amide bonds. The molecule has 0 aliphatic heterocycles. The molecule has 0 aromatic carbocycles. The number of hydrogen-bond acceptors (Lipinski definition) is 5. The van der Waals surface area contributed by atoms with Gasteiger partial charge in [-0.15, -0.1) is 0 Å². The lowest BCUT2D eigenvalue weighted by molar-refractivity contribution is -0.384. The summed E-state index contributed by atoms with van der Waals surface area (Å²) in [5, 5.41) is 14.4. The van der Waals surface area contributed by atoms with Gasteiger partial charge in [-0.25, -0.2) is 4.68 Å². The van der Waals surface area contributed by atoms with Crippen molar-refractivity contribution < 1.29 is 9.34 Å². The van der Waals surface area contributed by atoms with E-state index in [0.29, 0.717) is 12.3 Å². The Balaban J connectivity index is 2.29. The van der Waals surface area contributed by atoms with E-state index in [4.69, 9.17) is 10.2 Å². The Kier molecular flexibility index (Phi) is 2.35. The summed E-state index contributed by atoms with van der Waals surface area (Å²) in [5.41, 5.74) is 6.35. The van der Waals surface area contributed by atoms with Crippen molar-refractivity contribution in [2.24, 2.45) is 0 Å². The minimum absolute atomic E-state index is 0.0285. The number of furan rings is 1. The van der Waals surface area contributed by atoms with Crippen LogP contribution in [0.25, 0.3) is 0 Å². The quantitative estimate of drug-likeness (QED) is 0.623. The normalized spacial score (nSPS) is 10.6. The molecule has 0 radical (unpaired) electrons. The number of nitrogens with zero attached hydrogens (tertiary/aromatic N) is 3. The lowest BCUT2D eigenvalue weighted by Gasteiger charge is -2.01. The van der Waals surface area contributed by atoms with Gasteiger partial charge < -0.3 is 10.2 Å². The molecule has 2 heterocycles. The van der Waals surface area contributed by atoms with Gasteiger partial charge in [0.15, 0.2) is 0 Å². The van der Waals surface area contributed by atoms with Crippen molar-refractivity contribution in [3.63, 3.8) is 0 Å². The van der Waals surface area contributed by atoms with Crippen LogP contribution in [0.15, 0.2) is 22.9 Å². The molecule has 0 saturated carbocycles. The first-order chi connectivity index (χ1) is 7.59. The van der Waals surface area contributed by atoms with Crippen LogP contribution in [-0.2, 0) is 6.54 Å². The van der Waals surface area contributed by atoms with E-state index < -0.39 is 4.92 Å². The number of nitrogens with two attached hydrogens (primary N) is 1. The second-order valence-electron chi connectivity index (χ2n) is 3.36. The van der Waals surface area contributed by atoms with Crippen LogP contribution in [0.1, 0.15) is 11.3 Å². The number of nitro groups is 1. The third kappa shape index (κ3) is 1.62. The Morgan fingerprint density at radius 3 is 2.94 bits per heavy atom. The van der Waals surface area contributed by atoms with E-state index in [1.165, 1.54) is 4.68 Å². The van der Waals surface area contributed by atoms with Gasteiger partial charge in [0.25, 0.3) is 0 Å². The minimum atomic E-state index is -0.562. The molecule has 7 nitrogen and oxygen atoms in total. The molecule has 84 valence electrons. The smallest absolute Gasteiger partial charge is 0.330 e. The van der Waals surface area contributed by atoms with E-state index in [1.54, 1.807) is 6.26 Å². The zero-order valence-corrected chi connectivity index (χ0v) is 8.58. The van der Waals surface area contributed by atoms with Gasteiger partial charge in [0.05, 0.1) is 11.2 Å². The van der Waals surface area contributed by atoms with E-state index in [0.717, 1.165) is 11.8 Å². The molecular formula is C9H10N4O3. The van der Waals surface area contributed by atoms with Crippen molar-refractivity contribution in [3.05, 3.63) is 40.0 Å². The van der Waals surface area contributed by atoms with Crippen LogP contribution < -0.4 is 5.73 Å². The molecule has 0 aliphatic carbocycles. The summed E-state index contributed by atoms with van der Waals surface area (Å²) in [7, 11) is 0. The Morgan fingerprint density at radius 2 is 2.44 bits per heavy atom. The van der Waals surface area contributed by atoms with E-state index in [-0.39, 0.29) is 11.5 Å². The molecular weight excluding hydrogens is 212 g/mol. The van der Waals surface area contributed by atoms with Crippen molar-refractivity contribution >= 4 is 11.5 Å². The van der Waals surface area contributed by atoms with Gasteiger partial charge in [-0.05, 0) is 18.6 Å². The third-order valence-corrected chi connectivity index (χ3v) is 2.32. The second-order valence-corrected chi connectivity index (χ2v) is 3.36. The zero-order chi connectivity index (χ0) is 11.7. The van der Waals surface area contributed by atoms with Crippen molar-refractivity contribution in [1.29, 1.82) is 0 Å². The van der Waals surface area contributed by atoms with Gasteiger partial charge in [0.2, 0.25) is 5.82 Å². The van der Waals surface area contributed by atoms with Crippen molar-refractivity contribution in [2.45, 2.75) is 13.5 Å². The molecule has 2 aromatic rings. The Morgan fingerprint density at radius 1 is 1.69 bits per heavy atom. The number of anilines is 1. The highest BCUT2D eigenvalue weighted by Crippen LogP contribution is 2.21. The Hall–Kier alpha value is -2.31. The number of aryl methyl sites for hydroxylation is 1. The Bertz CT molecular complexity index is 529. The molecule has 16 heavy (non-hydrogen) atoms. The van der Waals surface area contributed by atoms with Gasteiger partial charge in [-0.3, -0.25) is 10.1 Å². The molecule has 0 atom stereocenters. The highest BCUT2D eigenvalue weighted by Gasteiger charge is 2.18. The molecule has 7 heteroatoms. The lowest BCUT2D eigenvalue weighted by Crippen LogP contribution is -2.06. The highest BCUT2D eigenvalue weighted by molar-refractivity contribution is 5.51. The maximum absolute atomic E-state index is 10.6. The predicted octanol–water partition coefficient (Wildman–Crippen LogP) is 1.32. The molecule has 0 spiro atoms. The summed E-state index contributed by atoms with van der Waals surface area (Å²) in [5.74, 6) is 0.713. The van der Waals surface area contributed by atoms with Crippen LogP contribution in [0.2, 0.25) is 0 Å². The predicted molar refractivity (Wildman–Crippen MR) is 55.8 cm³/mol. The number of nitrogen functional groups attached to an aromatic ring is 1. The van der Waals surface area contributed by atoms with E-state index in [9.17, 15) is 10.1 Å². The molecule has 2 aromatic heterocycles. The minimum Gasteiger partial charge on any atom is -0.467 e. The number of hydrogen-bond donors (Lipinski definition) is 1. The summed E-state index contributed by atoms with van der Waals surface area (Å²) in [6.45, 7) is 2.17. The number of aromatic nitrogens is 2. The summed E-state index contributed by atoms with van der Waals surface area (Å²) in [4.78, 5) is 9.99. The van der Waals surface area contributed by atoms with Crippen LogP contribution in [0.4, 0.5) is 11.5 Å². The van der Waals surface area contributed by atoms with Crippen molar-refractivity contribution in [3.8, 4) is 0 Å². The fraction of sp³-hybridized carbons (Fsp3) is 0.222. The summed E-state index contributed by atoms with van der Waals surface area (Å²) in [6, 6.07) is 1.81. The Labute approximate surface area is 90.6 Å². The second kappa shape index (κ2) is 3.69. The van der Waals surface area contributed by atoms with E-state index in [2.05, 4.69) is 5.10 Å². The van der Waals surface area contributed by atoms with Gasteiger partial charge >= 0.3 is 5.69 Å². The maximum atomic E-state index is 10.6. The van der Waals surface area contributed by atoms with Crippen LogP contribution in [0.5, 0.6) is 0 Å². The van der Waals surface area contributed by atoms with Crippen LogP contribution in [0.3, 0.4) is 0 Å². The van der Waals surface area contributed by atoms with E-state index in [1.807, 2.05) is 13.0 Å². The fourth-order valence-corrected chi connectivity index (χ4v) is 1.35. The third-order valence-electron chi connectivity index (χ3n) is 2.32. The molecule has 0 bridgehead atoms. The van der Waals surface area contributed by atoms with Gasteiger partial charge in [-0.2, -0.15) is 5.10 Å². The molecule has 0 fully saturated rings. The summed E-state index contributed by atoms with van der Waals surface area (Å²) in [6.07, 6.45) is 2.69. The monoisotopic (exact) mass is 222 g/mol. The topological polar surface area (TPSA) is 100 Å². The summed E-state index contributed by atoms with van der Waals surface area (Å²) >= 11 is 0. The number of rotatable bonds is 3. The SMILES string of the molecule is Cc1ccoc1Cn1ncc([N+](=O)[O-])c1N.